The molecule has 0 spiro atoms. The van der Waals surface area contributed by atoms with Gasteiger partial charge in [0, 0.05) is 12.5 Å². The molecule has 0 radical (unpaired) electrons. The van der Waals surface area contributed by atoms with Gasteiger partial charge in [0.1, 0.15) is 0 Å². The number of rotatable bonds is 5. The van der Waals surface area contributed by atoms with Crippen molar-refractivity contribution in [2.75, 3.05) is 6.61 Å². The summed E-state index contributed by atoms with van der Waals surface area (Å²) in [6.07, 6.45) is 0.556. The highest BCUT2D eigenvalue weighted by molar-refractivity contribution is 7.14. The third kappa shape index (κ3) is 3.36. The molecule has 4 heteroatoms. The van der Waals surface area contributed by atoms with Gasteiger partial charge < -0.3 is 5.11 Å². The van der Waals surface area contributed by atoms with E-state index < -0.39 is 0 Å². The molecule has 0 aliphatic rings. The van der Waals surface area contributed by atoms with E-state index in [4.69, 9.17) is 11.6 Å². The molecular formula is C15H14ClNOS. The van der Waals surface area contributed by atoms with Crippen molar-refractivity contribution >= 4 is 22.9 Å². The molecule has 2 aromatic rings. The topological polar surface area (TPSA) is 44.0 Å². The molecule has 0 saturated carbocycles. The Bertz CT molecular complexity index is 561. The first-order valence-electron chi connectivity index (χ1n) is 6.05. The van der Waals surface area contributed by atoms with E-state index in [0.717, 1.165) is 11.1 Å². The number of nitriles is 1. The van der Waals surface area contributed by atoms with Gasteiger partial charge in [0.25, 0.3) is 0 Å². The number of benzene rings is 1. The lowest BCUT2D eigenvalue weighted by Crippen LogP contribution is -2.11. The summed E-state index contributed by atoms with van der Waals surface area (Å²) in [6, 6.07) is 13.9. The van der Waals surface area contributed by atoms with Crippen molar-refractivity contribution < 1.29 is 5.11 Å². The maximum absolute atomic E-state index is 9.48. The molecule has 0 amide bonds. The van der Waals surface area contributed by atoms with Crippen LogP contribution >= 0.6 is 22.9 Å². The minimum Gasteiger partial charge on any atom is -0.396 e. The van der Waals surface area contributed by atoms with E-state index in [0.29, 0.717) is 10.8 Å². The molecule has 1 aromatic heterocycles. The second-order valence-corrected chi connectivity index (χ2v) is 5.86. The molecule has 2 atom stereocenters. The Kier molecular flexibility index (Phi) is 4.98. The van der Waals surface area contributed by atoms with E-state index in [1.807, 2.05) is 41.8 Å². The van der Waals surface area contributed by atoms with Crippen LogP contribution < -0.4 is 0 Å². The summed E-state index contributed by atoms with van der Waals surface area (Å²) >= 11 is 7.43. The van der Waals surface area contributed by atoms with Gasteiger partial charge in [0.05, 0.1) is 16.3 Å². The highest BCUT2D eigenvalue weighted by Gasteiger charge is 2.25. The van der Waals surface area contributed by atoms with Gasteiger partial charge in [-0.15, -0.1) is 11.3 Å². The van der Waals surface area contributed by atoms with E-state index >= 15 is 0 Å². The third-order valence-electron chi connectivity index (χ3n) is 3.16. The van der Waals surface area contributed by atoms with Gasteiger partial charge in [-0.2, -0.15) is 5.26 Å². The molecule has 0 aliphatic carbocycles. The lowest BCUT2D eigenvalue weighted by molar-refractivity contribution is 0.272. The first-order valence-corrected chi connectivity index (χ1v) is 7.31. The monoisotopic (exact) mass is 291 g/mol. The fourth-order valence-corrected chi connectivity index (χ4v) is 3.20. The number of aliphatic hydroxyl groups excluding tert-OH is 1. The second kappa shape index (κ2) is 6.72. The molecule has 0 fully saturated rings. The fraction of sp³-hybridized carbons (Fsp3) is 0.267. The molecule has 2 rings (SSSR count). The van der Waals surface area contributed by atoms with Crippen LogP contribution in [0.1, 0.15) is 29.4 Å². The average molecular weight is 292 g/mol. The van der Waals surface area contributed by atoms with Gasteiger partial charge in [0.15, 0.2) is 0 Å². The zero-order valence-corrected chi connectivity index (χ0v) is 11.9. The summed E-state index contributed by atoms with van der Waals surface area (Å²) in [5.41, 5.74) is 2.00. The van der Waals surface area contributed by atoms with Crippen LogP contribution in [0, 0.1) is 11.3 Å². The quantitative estimate of drug-likeness (QED) is 0.898. The predicted molar refractivity (Wildman–Crippen MR) is 78.6 cm³/mol. The number of nitrogens with zero attached hydrogens (tertiary/aromatic N) is 1. The Morgan fingerprint density at radius 2 is 2.00 bits per heavy atom. The van der Waals surface area contributed by atoms with E-state index in [1.165, 1.54) is 11.3 Å². The second-order valence-electron chi connectivity index (χ2n) is 4.32. The average Bonchev–Trinajstić information content (AvgIpc) is 2.86. The van der Waals surface area contributed by atoms with E-state index in [2.05, 4.69) is 6.07 Å². The van der Waals surface area contributed by atoms with Crippen molar-refractivity contribution in [3.8, 4) is 6.07 Å². The first-order chi connectivity index (χ1) is 9.26. The van der Waals surface area contributed by atoms with Crippen molar-refractivity contribution in [1.29, 1.82) is 5.26 Å². The largest absolute Gasteiger partial charge is 0.396 e. The number of halogens is 1. The summed E-state index contributed by atoms with van der Waals surface area (Å²) in [6.45, 7) is 0.0587. The van der Waals surface area contributed by atoms with Crippen molar-refractivity contribution in [1.82, 2.24) is 0 Å². The summed E-state index contributed by atoms with van der Waals surface area (Å²) in [7, 11) is 0. The molecule has 1 heterocycles. The van der Waals surface area contributed by atoms with Crippen LogP contribution in [0.4, 0.5) is 0 Å². The maximum Gasteiger partial charge on any atom is 0.0931 e. The molecule has 2 nitrogen and oxygen atoms in total. The standard InChI is InChI=1S/C15H14ClNOS/c16-15-8-12(10-19-15)13(6-7-18)14(9-17)11-4-2-1-3-5-11/h1-5,8,10,13-14,18H,6-7H2/t13-,14-/m0/s1. The van der Waals surface area contributed by atoms with Crippen LogP contribution in [-0.4, -0.2) is 11.7 Å². The molecule has 98 valence electrons. The summed E-state index contributed by atoms with van der Waals surface area (Å²) in [4.78, 5) is 0. The van der Waals surface area contributed by atoms with Crippen molar-refractivity contribution in [2.45, 2.75) is 18.3 Å². The van der Waals surface area contributed by atoms with Gasteiger partial charge in [-0.05, 0) is 29.0 Å². The maximum atomic E-state index is 9.48. The normalized spacial score (nSPS) is 13.7. The van der Waals surface area contributed by atoms with E-state index in [-0.39, 0.29) is 18.4 Å². The summed E-state index contributed by atoms with van der Waals surface area (Å²) in [5.74, 6) is -0.292. The zero-order valence-electron chi connectivity index (χ0n) is 10.3. The molecular weight excluding hydrogens is 278 g/mol. The van der Waals surface area contributed by atoms with Crippen LogP contribution in [0.25, 0.3) is 0 Å². The van der Waals surface area contributed by atoms with Crippen molar-refractivity contribution in [3.05, 3.63) is 57.2 Å². The van der Waals surface area contributed by atoms with Crippen LogP contribution in [0.2, 0.25) is 4.34 Å². The Labute approximate surface area is 121 Å². The number of thiophene rings is 1. The van der Waals surface area contributed by atoms with Gasteiger partial charge in [-0.25, -0.2) is 0 Å². The van der Waals surface area contributed by atoms with Crippen LogP contribution in [0.3, 0.4) is 0 Å². The molecule has 0 bridgehead atoms. The minimum absolute atomic E-state index is 0.0267. The SMILES string of the molecule is N#C[C@@H](c1ccccc1)[C@@H](CCO)c1csc(Cl)c1. The van der Waals surface area contributed by atoms with Crippen molar-refractivity contribution in [2.24, 2.45) is 0 Å². The Hall–Kier alpha value is -1.34. The number of hydrogen-bond acceptors (Lipinski definition) is 3. The highest BCUT2D eigenvalue weighted by atomic mass is 35.5. The van der Waals surface area contributed by atoms with Crippen molar-refractivity contribution in [3.63, 3.8) is 0 Å². The fourth-order valence-electron chi connectivity index (χ4n) is 2.24. The minimum atomic E-state index is -0.265. The number of hydrogen-bond donors (Lipinski definition) is 1. The number of aliphatic hydroxyl groups is 1. The predicted octanol–water partition coefficient (Wildman–Crippen LogP) is 4.17. The van der Waals surface area contributed by atoms with Gasteiger partial charge in [0.2, 0.25) is 0 Å². The van der Waals surface area contributed by atoms with Gasteiger partial charge in [-0.3, -0.25) is 0 Å². The molecule has 0 aliphatic heterocycles. The zero-order chi connectivity index (χ0) is 13.7. The Morgan fingerprint density at radius 1 is 1.26 bits per heavy atom. The van der Waals surface area contributed by atoms with Crippen LogP contribution in [0.5, 0.6) is 0 Å². The Balaban J connectivity index is 2.34. The lowest BCUT2D eigenvalue weighted by atomic mass is 9.81. The highest BCUT2D eigenvalue weighted by Crippen LogP contribution is 2.38. The molecule has 1 N–H and O–H groups in total. The molecule has 1 aromatic carbocycles. The lowest BCUT2D eigenvalue weighted by Gasteiger charge is -2.20. The summed E-state index contributed by atoms with van der Waals surface area (Å²) < 4.78 is 0.711. The van der Waals surface area contributed by atoms with E-state index in [1.54, 1.807) is 0 Å². The van der Waals surface area contributed by atoms with Gasteiger partial charge in [-0.1, -0.05) is 41.9 Å². The van der Waals surface area contributed by atoms with Gasteiger partial charge >= 0.3 is 0 Å². The molecule has 19 heavy (non-hydrogen) atoms. The van der Waals surface area contributed by atoms with E-state index in [9.17, 15) is 10.4 Å². The smallest absolute Gasteiger partial charge is 0.0931 e. The van der Waals surface area contributed by atoms with Crippen LogP contribution in [0.15, 0.2) is 41.8 Å². The Morgan fingerprint density at radius 3 is 2.53 bits per heavy atom. The van der Waals surface area contributed by atoms with Crippen LogP contribution in [-0.2, 0) is 0 Å². The third-order valence-corrected chi connectivity index (χ3v) is 4.27. The molecule has 0 unspecified atom stereocenters. The summed E-state index contributed by atoms with van der Waals surface area (Å²) in [5, 5.41) is 20.7. The first kappa shape index (κ1) is 14.1. The molecule has 0 saturated heterocycles.